The van der Waals surface area contributed by atoms with E-state index >= 15 is 0 Å². The molecule has 0 bridgehead atoms. The van der Waals surface area contributed by atoms with Crippen LogP contribution in [-0.2, 0) is 12.8 Å². The van der Waals surface area contributed by atoms with Gasteiger partial charge in [0.25, 0.3) is 0 Å². The van der Waals surface area contributed by atoms with Gasteiger partial charge >= 0.3 is 0 Å². The molecule has 21 heavy (non-hydrogen) atoms. The van der Waals surface area contributed by atoms with Crippen LogP contribution in [0.1, 0.15) is 61.3 Å². The van der Waals surface area contributed by atoms with Crippen LogP contribution in [0.2, 0.25) is 0 Å². The predicted octanol–water partition coefficient (Wildman–Crippen LogP) is 6.10. The van der Waals surface area contributed by atoms with Crippen molar-refractivity contribution in [1.29, 1.82) is 0 Å². The first-order valence-electron chi connectivity index (χ1n) is 8.42. The fraction of sp³-hybridized carbons (Fsp3) is 0.429. The van der Waals surface area contributed by atoms with Crippen molar-refractivity contribution in [3.63, 3.8) is 0 Å². The van der Waals surface area contributed by atoms with Crippen molar-refractivity contribution in [3.8, 4) is 0 Å². The molecule has 2 rings (SSSR count). The van der Waals surface area contributed by atoms with E-state index in [1.807, 2.05) is 0 Å². The van der Waals surface area contributed by atoms with E-state index in [1.54, 1.807) is 0 Å². The van der Waals surface area contributed by atoms with E-state index in [-0.39, 0.29) is 0 Å². The number of unbranched alkanes of at least 4 members (excludes halogenated alkanes) is 4. The number of hydrogen-bond donors (Lipinski definition) is 0. The van der Waals surface area contributed by atoms with Crippen molar-refractivity contribution in [2.75, 3.05) is 0 Å². The molecule has 0 radical (unpaired) electrons. The van der Waals surface area contributed by atoms with Crippen LogP contribution in [-0.4, -0.2) is 0 Å². The van der Waals surface area contributed by atoms with Crippen LogP contribution in [0.4, 0.5) is 0 Å². The van der Waals surface area contributed by atoms with Crippen molar-refractivity contribution in [2.24, 2.45) is 0 Å². The highest BCUT2D eigenvalue weighted by atomic mass is 14.1. The summed E-state index contributed by atoms with van der Waals surface area (Å²) in [5, 5.41) is 0. The molecule has 2 aromatic rings. The van der Waals surface area contributed by atoms with Gasteiger partial charge in [-0.25, -0.2) is 0 Å². The van der Waals surface area contributed by atoms with Gasteiger partial charge in [0.1, 0.15) is 0 Å². The lowest BCUT2D eigenvalue weighted by Crippen LogP contribution is -1.97. The van der Waals surface area contributed by atoms with E-state index in [0.29, 0.717) is 0 Å². The third-order valence-corrected chi connectivity index (χ3v) is 4.31. The zero-order valence-corrected chi connectivity index (χ0v) is 13.6. The fourth-order valence-corrected chi connectivity index (χ4v) is 2.91. The highest BCUT2D eigenvalue weighted by molar-refractivity contribution is 5.36. The number of rotatable bonds is 8. The van der Waals surface area contributed by atoms with Crippen molar-refractivity contribution >= 4 is 0 Å². The summed E-state index contributed by atoms with van der Waals surface area (Å²) in [6.45, 7) is 4.49. The molecule has 0 atom stereocenters. The first-order valence-corrected chi connectivity index (χ1v) is 8.42. The van der Waals surface area contributed by atoms with E-state index in [2.05, 4.69) is 62.4 Å². The lowest BCUT2D eigenvalue weighted by Gasteiger charge is -2.11. The normalized spacial score (nSPS) is 10.8. The molecular weight excluding hydrogens is 252 g/mol. The van der Waals surface area contributed by atoms with Gasteiger partial charge in [-0.15, -0.1) is 0 Å². The molecule has 2 aromatic carbocycles. The second kappa shape index (κ2) is 8.67. The zero-order valence-electron chi connectivity index (χ0n) is 13.6. The summed E-state index contributed by atoms with van der Waals surface area (Å²) in [7, 11) is 0. The molecule has 0 nitrogen and oxygen atoms in total. The van der Waals surface area contributed by atoms with Gasteiger partial charge in [-0.05, 0) is 48.4 Å². The lowest BCUT2D eigenvalue weighted by atomic mass is 9.94. The molecule has 0 amide bonds. The van der Waals surface area contributed by atoms with Crippen molar-refractivity contribution < 1.29 is 0 Å². The Balaban J connectivity index is 1.98. The Morgan fingerprint density at radius 2 is 1.29 bits per heavy atom. The van der Waals surface area contributed by atoms with Crippen LogP contribution < -0.4 is 0 Å². The molecule has 0 N–H and O–H groups in total. The van der Waals surface area contributed by atoms with Gasteiger partial charge in [0.05, 0.1) is 0 Å². The largest absolute Gasteiger partial charge is 0.0654 e. The number of benzene rings is 2. The van der Waals surface area contributed by atoms with Gasteiger partial charge in [-0.2, -0.15) is 0 Å². The van der Waals surface area contributed by atoms with Gasteiger partial charge in [0, 0.05) is 0 Å². The first-order chi connectivity index (χ1) is 10.3. The minimum atomic E-state index is 1.07. The minimum Gasteiger partial charge on any atom is -0.0654 e. The van der Waals surface area contributed by atoms with Crippen molar-refractivity contribution in [3.05, 3.63) is 70.8 Å². The molecule has 0 aliphatic heterocycles. The molecule has 0 spiro atoms. The summed E-state index contributed by atoms with van der Waals surface area (Å²) in [5.41, 5.74) is 5.89. The van der Waals surface area contributed by atoms with Crippen LogP contribution >= 0.6 is 0 Å². The standard InChI is InChI=1S/C21H28/c1-3-4-5-6-7-13-19-14-10-11-16-21(19)17-20-15-9-8-12-18(20)2/h8-12,14-16H,3-7,13,17H2,1-2H3. The van der Waals surface area contributed by atoms with Gasteiger partial charge in [-0.3, -0.25) is 0 Å². The third kappa shape index (κ3) is 5.04. The van der Waals surface area contributed by atoms with Crippen LogP contribution in [0.25, 0.3) is 0 Å². The number of aryl methyl sites for hydroxylation is 2. The average molecular weight is 280 g/mol. The zero-order chi connectivity index (χ0) is 14.9. The molecule has 112 valence electrons. The second-order valence-electron chi connectivity index (χ2n) is 6.04. The highest BCUT2D eigenvalue weighted by Gasteiger charge is 2.04. The molecule has 0 saturated carbocycles. The van der Waals surface area contributed by atoms with Gasteiger partial charge < -0.3 is 0 Å². The monoisotopic (exact) mass is 280 g/mol. The third-order valence-electron chi connectivity index (χ3n) is 4.31. The maximum atomic E-state index is 2.31. The molecule has 0 aliphatic carbocycles. The molecule has 0 saturated heterocycles. The van der Waals surface area contributed by atoms with E-state index in [0.717, 1.165) is 6.42 Å². The number of hydrogen-bond acceptors (Lipinski definition) is 0. The van der Waals surface area contributed by atoms with Crippen LogP contribution in [0.15, 0.2) is 48.5 Å². The second-order valence-corrected chi connectivity index (χ2v) is 6.04. The Hall–Kier alpha value is -1.56. The quantitative estimate of drug-likeness (QED) is 0.513. The smallest absolute Gasteiger partial charge is 0.00204 e. The van der Waals surface area contributed by atoms with Gasteiger partial charge in [-0.1, -0.05) is 81.1 Å². The molecule has 0 fully saturated rings. The van der Waals surface area contributed by atoms with Crippen molar-refractivity contribution in [2.45, 2.75) is 58.8 Å². The molecule has 0 unspecified atom stereocenters. The Morgan fingerprint density at radius 3 is 2.00 bits per heavy atom. The van der Waals surface area contributed by atoms with E-state index in [9.17, 15) is 0 Å². The van der Waals surface area contributed by atoms with Gasteiger partial charge in [0.15, 0.2) is 0 Å². The Labute approximate surface area is 130 Å². The maximum absolute atomic E-state index is 2.31. The molecule has 0 heteroatoms. The SMILES string of the molecule is CCCCCCCc1ccccc1Cc1ccccc1C. The lowest BCUT2D eigenvalue weighted by molar-refractivity contribution is 0.631. The summed E-state index contributed by atoms with van der Waals surface area (Å²) in [4.78, 5) is 0. The van der Waals surface area contributed by atoms with Crippen LogP contribution in [0, 0.1) is 6.92 Å². The summed E-state index contributed by atoms with van der Waals surface area (Å²) in [5.74, 6) is 0. The maximum Gasteiger partial charge on any atom is -0.00204 e. The summed E-state index contributed by atoms with van der Waals surface area (Å²) < 4.78 is 0. The summed E-state index contributed by atoms with van der Waals surface area (Å²) in [6.07, 6.45) is 9.08. The molecular formula is C21H28. The average Bonchev–Trinajstić information content (AvgIpc) is 2.51. The van der Waals surface area contributed by atoms with Gasteiger partial charge in [0.2, 0.25) is 0 Å². The van der Waals surface area contributed by atoms with Crippen molar-refractivity contribution in [1.82, 2.24) is 0 Å². The predicted molar refractivity (Wildman–Crippen MR) is 92.9 cm³/mol. The summed E-state index contributed by atoms with van der Waals surface area (Å²) >= 11 is 0. The molecule has 0 aliphatic rings. The highest BCUT2D eigenvalue weighted by Crippen LogP contribution is 2.19. The van der Waals surface area contributed by atoms with E-state index in [1.165, 1.54) is 60.8 Å². The fourth-order valence-electron chi connectivity index (χ4n) is 2.91. The molecule has 0 heterocycles. The Kier molecular flexibility index (Phi) is 6.53. The van der Waals surface area contributed by atoms with E-state index < -0.39 is 0 Å². The Bertz CT molecular complexity index is 539. The van der Waals surface area contributed by atoms with Crippen LogP contribution in [0.3, 0.4) is 0 Å². The molecule has 0 aromatic heterocycles. The van der Waals surface area contributed by atoms with E-state index in [4.69, 9.17) is 0 Å². The minimum absolute atomic E-state index is 1.07. The Morgan fingerprint density at radius 1 is 0.667 bits per heavy atom. The first kappa shape index (κ1) is 15.8. The van der Waals surface area contributed by atoms with Crippen LogP contribution in [0.5, 0.6) is 0 Å². The topological polar surface area (TPSA) is 0 Å². The summed E-state index contributed by atoms with van der Waals surface area (Å²) in [6, 6.07) is 17.7.